The molecule has 2 saturated heterocycles. The summed E-state index contributed by atoms with van der Waals surface area (Å²) >= 11 is 0. The van der Waals surface area contributed by atoms with Gasteiger partial charge in [-0.05, 0) is 37.8 Å². The zero-order chi connectivity index (χ0) is 24.2. The van der Waals surface area contributed by atoms with Gasteiger partial charge in [-0.25, -0.2) is 15.0 Å². The number of rotatable bonds is 4. The van der Waals surface area contributed by atoms with Gasteiger partial charge in [0.2, 0.25) is 5.82 Å². The smallest absolute Gasteiger partial charge is 0.292 e. The molecule has 5 aromatic heterocycles. The van der Waals surface area contributed by atoms with Gasteiger partial charge >= 0.3 is 0 Å². The summed E-state index contributed by atoms with van der Waals surface area (Å²) in [6.07, 6.45) is 14.2. The van der Waals surface area contributed by atoms with Crippen LogP contribution in [0.1, 0.15) is 47.9 Å². The molecule has 4 N–H and O–H groups in total. The van der Waals surface area contributed by atoms with E-state index in [9.17, 15) is 4.79 Å². The Morgan fingerprint density at radius 3 is 2.61 bits per heavy atom. The lowest BCUT2D eigenvalue weighted by Crippen LogP contribution is -2.46. The minimum atomic E-state index is -0.0798. The zero-order valence-corrected chi connectivity index (χ0v) is 19.2. The maximum absolute atomic E-state index is 13.0. The molecule has 12 heteroatoms. The Hall–Kier alpha value is -4.61. The topological polar surface area (TPSA) is 160 Å². The van der Waals surface area contributed by atoms with Crippen molar-refractivity contribution in [2.45, 2.75) is 43.7 Å². The number of nitrogen functional groups attached to an aromatic ring is 1. The van der Waals surface area contributed by atoms with Crippen LogP contribution in [0.2, 0.25) is 0 Å². The Labute approximate surface area is 205 Å². The second-order valence-corrected chi connectivity index (χ2v) is 9.36. The minimum absolute atomic E-state index is 0.0798. The first-order valence-electron chi connectivity index (χ1n) is 11.9. The highest BCUT2D eigenvalue weighted by Gasteiger charge is 2.45. The fourth-order valence-corrected chi connectivity index (χ4v) is 5.71. The molecule has 12 nitrogen and oxygen atoms in total. The van der Waals surface area contributed by atoms with E-state index in [0.29, 0.717) is 17.3 Å². The highest BCUT2D eigenvalue weighted by atomic mass is 16.2. The quantitative estimate of drug-likeness (QED) is 0.353. The maximum atomic E-state index is 13.0. The number of piperidine rings is 1. The van der Waals surface area contributed by atoms with E-state index in [-0.39, 0.29) is 23.9 Å². The van der Waals surface area contributed by atoms with Crippen LogP contribution in [-0.4, -0.2) is 67.4 Å². The average molecular weight is 482 g/mol. The summed E-state index contributed by atoms with van der Waals surface area (Å²) in [6.45, 7) is 0. The van der Waals surface area contributed by atoms with Crippen molar-refractivity contribution < 1.29 is 4.79 Å². The largest absolute Gasteiger partial charge is 0.381 e. The third-order valence-electron chi connectivity index (χ3n) is 7.34. The van der Waals surface area contributed by atoms with Crippen LogP contribution in [0.5, 0.6) is 0 Å². The van der Waals surface area contributed by atoms with Crippen LogP contribution >= 0.6 is 0 Å². The first-order chi connectivity index (χ1) is 17.7. The number of amides is 1. The van der Waals surface area contributed by atoms with Gasteiger partial charge in [0.25, 0.3) is 5.91 Å². The van der Waals surface area contributed by atoms with Crippen molar-refractivity contribution in [3.05, 3.63) is 61.0 Å². The molecule has 36 heavy (non-hydrogen) atoms. The first kappa shape index (κ1) is 20.7. The number of nitrogens with zero attached hydrogens (tertiary/aromatic N) is 8. The number of H-pyrrole nitrogens is 2. The number of imidazole rings is 2. The molecular weight excluding hydrogens is 458 g/mol. The van der Waals surface area contributed by atoms with Crippen LogP contribution in [0.3, 0.4) is 0 Å². The Balaban J connectivity index is 1.19. The predicted octanol–water partition coefficient (Wildman–Crippen LogP) is 2.43. The van der Waals surface area contributed by atoms with E-state index >= 15 is 0 Å². The van der Waals surface area contributed by atoms with E-state index in [2.05, 4.69) is 35.1 Å². The predicted molar refractivity (Wildman–Crippen MR) is 130 cm³/mol. The van der Waals surface area contributed by atoms with Gasteiger partial charge in [-0.3, -0.25) is 14.2 Å². The standard InChI is InChI=1S/C24H23N11O/c25-20-23-29-10-19(13-1-4-17(28-9-13)21-26-5-6-27-21)34(23)11-18(32-20)14-7-15-2-3-16(8-14)35(15)24(36)22-30-12-31-33-22/h1,4-6,9-12,14-16H,2-3,7-8H2,(H2,25,32)(H,26,27)(H,30,31,33)/t14-,15-,16+. The lowest BCUT2D eigenvalue weighted by molar-refractivity contribution is 0.0557. The summed E-state index contributed by atoms with van der Waals surface area (Å²) in [5.74, 6) is 1.53. The van der Waals surface area contributed by atoms with Crippen molar-refractivity contribution >= 4 is 17.4 Å². The second-order valence-electron chi connectivity index (χ2n) is 9.36. The summed E-state index contributed by atoms with van der Waals surface area (Å²) in [6, 6.07) is 4.22. The molecule has 7 rings (SSSR count). The fraction of sp³-hybridized carbons (Fsp3) is 0.292. The number of hydrogen-bond acceptors (Lipinski definition) is 8. The van der Waals surface area contributed by atoms with Gasteiger partial charge in [0.05, 0.1) is 17.6 Å². The highest BCUT2D eigenvalue weighted by molar-refractivity contribution is 5.91. The van der Waals surface area contributed by atoms with Crippen LogP contribution in [0.25, 0.3) is 28.4 Å². The second kappa shape index (κ2) is 7.97. The lowest BCUT2D eigenvalue weighted by atomic mass is 9.88. The number of hydrogen-bond donors (Lipinski definition) is 3. The normalized spacial score (nSPS) is 21.3. The van der Waals surface area contributed by atoms with Crippen LogP contribution < -0.4 is 5.73 Å². The zero-order valence-electron chi connectivity index (χ0n) is 19.2. The van der Waals surface area contributed by atoms with Crippen molar-refractivity contribution in [3.8, 4) is 22.8 Å². The van der Waals surface area contributed by atoms with Crippen LogP contribution in [0, 0.1) is 0 Å². The molecule has 2 aliphatic heterocycles. The SMILES string of the molecule is Nc1nc([C@@H]2C[C@H]3CC[C@@H](C2)N3C(=O)c2nnc[nH]2)cn2c(-c3ccc(-c4ncc[nH]4)nc3)cnc12. The third-order valence-corrected chi connectivity index (χ3v) is 7.34. The summed E-state index contributed by atoms with van der Waals surface area (Å²) in [5.41, 5.74) is 10.5. The Morgan fingerprint density at radius 1 is 1.06 bits per heavy atom. The summed E-state index contributed by atoms with van der Waals surface area (Å²) < 4.78 is 2.00. The van der Waals surface area contributed by atoms with Gasteiger partial charge in [0, 0.05) is 48.4 Å². The fourth-order valence-electron chi connectivity index (χ4n) is 5.71. The van der Waals surface area contributed by atoms with Gasteiger partial charge in [0.15, 0.2) is 17.3 Å². The average Bonchev–Trinajstić information content (AvgIpc) is 3.70. The Bertz CT molecular complexity index is 1530. The van der Waals surface area contributed by atoms with E-state index in [1.807, 2.05) is 33.8 Å². The van der Waals surface area contributed by atoms with Gasteiger partial charge in [-0.15, -0.1) is 10.2 Å². The third kappa shape index (κ3) is 3.25. The van der Waals surface area contributed by atoms with Gasteiger partial charge in [-0.1, -0.05) is 0 Å². The number of aromatic nitrogens is 9. The van der Waals surface area contributed by atoms with Gasteiger partial charge < -0.3 is 20.6 Å². The maximum Gasteiger partial charge on any atom is 0.292 e. The van der Waals surface area contributed by atoms with E-state index in [4.69, 9.17) is 10.7 Å². The van der Waals surface area contributed by atoms with E-state index < -0.39 is 0 Å². The number of aromatic amines is 2. The summed E-state index contributed by atoms with van der Waals surface area (Å²) in [5, 5.41) is 7.68. The van der Waals surface area contributed by atoms with Crippen LogP contribution in [0.15, 0.2) is 49.4 Å². The van der Waals surface area contributed by atoms with E-state index in [0.717, 1.165) is 54.2 Å². The molecule has 0 radical (unpaired) electrons. The van der Waals surface area contributed by atoms with Gasteiger partial charge in [-0.2, -0.15) is 0 Å². The number of pyridine rings is 1. The molecule has 7 heterocycles. The van der Waals surface area contributed by atoms with Crippen molar-refractivity contribution in [2.24, 2.45) is 0 Å². The van der Waals surface area contributed by atoms with Gasteiger partial charge in [0.1, 0.15) is 12.0 Å². The van der Waals surface area contributed by atoms with Crippen molar-refractivity contribution in [1.82, 2.24) is 49.4 Å². The molecule has 0 aliphatic carbocycles. The highest BCUT2D eigenvalue weighted by Crippen LogP contribution is 2.43. The number of anilines is 1. The molecule has 2 bridgehead atoms. The van der Waals surface area contributed by atoms with Crippen LogP contribution in [0.4, 0.5) is 5.82 Å². The number of carbonyl (C=O) groups excluding carboxylic acids is 1. The minimum Gasteiger partial charge on any atom is -0.381 e. The molecule has 2 fully saturated rings. The molecule has 5 aromatic rings. The first-order valence-corrected chi connectivity index (χ1v) is 11.9. The monoisotopic (exact) mass is 481 g/mol. The summed E-state index contributed by atoms with van der Waals surface area (Å²) in [4.78, 5) is 39.0. The van der Waals surface area contributed by atoms with E-state index in [1.54, 1.807) is 18.6 Å². The Morgan fingerprint density at radius 2 is 1.92 bits per heavy atom. The molecule has 0 aromatic carbocycles. The van der Waals surface area contributed by atoms with Crippen molar-refractivity contribution in [3.63, 3.8) is 0 Å². The molecule has 180 valence electrons. The number of carbonyl (C=O) groups is 1. The molecular formula is C24H23N11O. The lowest BCUT2D eigenvalue weighted by Gasteiger charge is -2.38. The Kier molecular flexibility index (Phi) is 4.59. The van der Waals surface area contributed by atoms with Crippen molar-refractivity contribution in [1.29, 1.82) is 0 Å². The van der Waals surface area contributed by atoms with E-state index in [1.165, 1.54) is 6.33 Å². The summed E-state index contributed by atoms with van der Waals surface area (Å²) in [7, 11) is 0. The molecule has 3 atom stereocenters. The van der Waals surface area contributed by atoms with Crippen LogP contribution in [-0.2, 0) is 0 Å². The number of nitrogens with one attached hydrogen (secondary N) is 2. The number of fused-ring (bicyclic) bond motifs is 3. The molecule has 0 saturated carbocycles. The molecule has 1 amide bonds. The number of nitrogens with two attached hydrogens (primary N) is 1. The molecule has 2 aliphatic rings. The molecule has 0 spiro atoms. The van der Waals surface area contributed by atoms with Crippen molar-refractivity contribution in [2.75, 3.05) is 5.73 Å². The molecule has 0 unspecified atom stereocenters.